The van der Waals surface area contributed by atoms with Crippen LogP contribution in [0.4, 0.5) is 5.95 Å². The first kappa shape index (κ1) is 25.1. The van der Waals surface area contributed by atoms with E-state index in [1.54, 1.807) is 34.6 Å². The van der Waals surface area contributed by atoms with Gasteiger partial charge in [0.2, 0.25) is 11.9 Å². The number of imidazole rings is 1. The second-order valence-corrected chi connectivity index (χ2v) is 8.35. The second-order valence-electron chi connectivity index (χ2n) is 8.35. The Bertz CT molecular complexity index is 1150. The number of azide groups is 1. The van der Waals surface area contributed by atoms with E-state index in [0.717, 1.165) is 0 Å². The number of carbonyl (C=O) groups excluding carboxylic acids is 2. The van der Waals surface area contributed by atoms with Crippen LogP contribution in [0.3, 0.4) is 0 Å². The quantitative estimate of drug-likeness (QED) is 0.237. The van der Waals surface area contributed by atoms with Crippen molar-refractivity contribution in [3.63, 3.8) is 0 Å². The molecule has 14 nitrogen and oxygen atoms in total. The van der Waals surface area contributed by atoms with E-state index in [-0.39, 0.29) is 48.1 Å². The maximum Gasteiger partial charge on any atom is 0.308 e. The Morgan fingerprint density at radius 1 is 1.35 bits per heavy atom. The minimum Gasteiger partial charge on any atom is -0.463 e. The summed E-state index contributed by atoms with van der Waals surface area (Å²) in [7, 11) is 0. The maximum absolute atomic E-state index is 12.5. The molecule has 2 N–H and O–H groups in total. The minimum atomic E-state index is -0.897. The van der Waals surface area contributed by atoms with Gasteiger partial charge in [-0.3, -0.25) is 29.3 Å². The first-order chi connectivity index (χ1) is 16.2. The van der Waals surface area contributed by atoms with Crippen LogP contribution in [-0.2, 0) is 23.8 Å². The van der Waals surface area contributed by atoms with Gasteiger partial charge in [-0.05, 0) is 12.5 Å². The lowest BCUT2D eigenvalue weighted by Crippen LogP contribution is -2.35. The van der Waals surface area contributed by atoms with Crippen molar-refractivity contribution in [2.24, 2.45) is 17.0 Å². The summed E-state index contributed by atoms with van der Waals surface area (Å²) in [6.07, 6.45) is -1.13. The first-order valence-corrected chi connectivity index (χ1v) is 10.9. The van der Waals surface area contributed by atoms with Gasteiger partial charge >= 0.3 is 5.97 Å². The number of ether oxygens (including phenoxy) is 3. The predicted molar refractivity (Wildman–Crippen MR) is 120 cm³/mol. The topological polar surface area (TPSA) is 186 Å². The second kappa shape index (κ2) is 10.6. The Kier molecular flexibility index (Phi) is 7.87. The van der Waals surface area contributed by atoms with Crippen LogP contribution in [0.15, 0.2) is 16.2 Å². The molecule has 0 unspecified atom stereocenters. The van der Waals surface area contributed by atoms with E-state index in [0.29, 0.717) is 0 Å². The molecule has 1 amide bonds. The van der Waals surface area contributed by atoms with E-state index in [2.05, 4.69) is 30.3 Å². The molecule has 34 heavy (non-hydrogen) atoms. The summed E-state index contributed by atoms with van der Waals surface area (Å²) in [6, 6.07) is -0.825. The third kappa shape index (κ3) is 5.19. The van der Waals surface area contributed by atoms with E-state index in [1.807, 2.05) is 0 Å². The summed E-state index contributed by atoms with van der Waals surface area (Å²) >= 11 is 0. The molecule has 14 heteroatoms. The molecular formula is C20H28N8O6. The molecule has 184 valence electrons. The van der Waals surface area contributed by atoms with Crippen molar-refractivity contribution in [3.05, 3.63) is 27.1 Å². The summed E-state index contributed by atoms with van der Waals surface area (Å²) in [5.74, 6) is -1.46. The van der Waals surface area contributed by atoms with Gasteiger partial charge < -0.3 is 14.2 Å². The Morgan fingerprint density at radius 2 is 2.09 bits per heavy atom. The molecule has 0 saturated carbocycles. The summed E-state index contributed by atoms with van der Waals surface area (Å²) in [5.41, 5.74) is 8.72. The Labute approximate surface area is 194 Å². The van der Waals surface area contributed by atoms with Crippen LogP contribution < -0.4 is 10.9 Å². The lowest BCUT2D eigenvalue weighted by molar-refractivity contribution is -0.152. The number of nitrogens with zero attached hydrogens (tertiary/aromatic N) is 6. The molecule has 1 saturated heterocycles. The van der Waals surface area contributed by atoms with Crippen molar-refractivity contribution in [3.8, 4) is 0 Å². The number of hydrogen-bond acceptors (Lipinski definition) is 9. The van der Waals surface area contributed by atoms with Gasteiger partial charge in [0, 0.05) is 17.4 Å². The molecule has 4 atom stereocenters. The number of amides is 1. The number of rotatable bonds is 9. The van der Waals surface area contributed by atoms with Crippen LogP contribution in [0.1, 0.15) is 40.8 Å². The zero-order chi connectivity index (χ0) is 25.0. The highest BCUT2D eigenvalue weighted by molar-refractivity contribution is 5.91. The SMILES string of the molecule is CCO[C@@H]1[C@H](N=[N+]=[N-])[C@@H](COC(=O)C(C)C)O[C@H]1n1cnc2c(=O)[nH]c(NC(=O)C(C)C)nc21. The van der Waals surface area contributed by atoms with Crippen LogP contribution in [-0.4, -0.2) is 62.9 Å². The number of aromatic amines is 1. The van der Waals surface area contributed by atoms with Crippen molar-refractivity contribution >= 4 is 29.0 Å². The number of nitrogens with one attached hydrogen (secondary N) is 2. The lowest BCUT2D eigenvalue weighted by Gasteiger charge is -2.21. The van der Waals surface area contributed by atoms with Gasteiger partial charge in [0.1, 0.15) is 18.8 Å². The molecule has 1 aliphatic heterocycles. The van der Waals surface area contributed by atoms with Crippen molar-refractivity contribution in [1.82, 2.24) is 19.5 Å². The monoisotopic (exact) mass is 476 g/mol. The molecule has 0 spiro atoms. The average Bonchev–Trinajstić information content (AvgIpc) is 3.34. The maximum atomic E-state index is 12.5. The zero-order valence-electron chi connectivity index (χ0n) is 19.6. The Balaban J connectivity index is 2.00. The summed E-state index contributed by atoms with van der Waals surface area (Å²) in [4.78, 5) is 50.4. The summed E-state index contributed by atoms with van der Waals surface area (Å²) in [6.45, 7) is 8.70. The van der Waals surface area contributed by atoms with E-state index in [1.165, 1.54) is 10.9 Å². The van der Waals surface area contributed by atoms with Gasteiger partial charge in [-0.15, -0.1) is 0 Å². The van der Waals surface area contributed by atoms with Crippen LogP contribution in [0.25, 0.3) is 21.6 Å². The fourth-order valence-corrected chi connectivity index (χ4v) is 3.42. The number of H-pyrrole nitrogens is 1. The third-order valence-corrected chi connectivity index (χ3v) is 5.19. The largest absolute Gasteiger partial charge is 0.463 e. The van der Waals surface area contributed by atoms with Gasteiger partial charge in [-0.1, -0.05) is 32.8 Å². The molecule has 0 radical (unpaired) electrons. The lowest BCUT2D eigenvalue weighted by atomic mass is 10.1. The van der Waals surface area contributed by atoms with Gasteiger partial charge in [0.05, 0.1) is 18.3 Å². The zero-order valence-corrected chi connectivity index (χ0v) is 19.6. The molecule has 2 aromatic rings. The molecule has 0 aromatic carbocycles. The molecular weight excluding hydrogens is 448 g/mol. The highest BCUT2D eigenvalue weighted by Gasteiger charge is 2.47. The highest BCUT2D eigenvalue weighted by atomic mass is 16.6. The number of aromatic nitrogens is 4. The first-order valence-electron chi connectivity index (χ1n) is 10.9. The fourth-order valence-electron chi connectivity index (χ4n) is 3.42. The van der Waals surface area contributed by atoms with E-state index in [9.17, 15) is 14.4 Å². The molecule has 2 aromatic heterocycles. The highest BCUT2D eigenvalue weighted by Crippen LogP contribution is 2.35. The number of fused-ring (bicyclic) bond motifs is 1. The molecule has 1 fully saturated rings. The van der Waals surface area contributed by atoms with Crippen LogP contribution in [0.2, 0.25) is 0 Å². The van der Waals surface area contributed by atoms with Gasteiger partial charge in [-0.25, -0.2) is 4.98 Å². The van der Waals surface area contributed by atoms with Crippen molar-refractivity contribution in [2.45, 2.75) is 59.1 Å². The number of hydrogen-bond donors (Lipinski definition) is 2. The Hall–Kier alpha value is -3.48. The van der Waals surface area contributed by atoms with Gasteiger partial charge in [0.25, 0.3) is 5.56 Å². The molecule has 3 heterocycles. The fraction of sp³-hybridized carbons (Fsp3) is 0.650. The molecule has 3 rings (SSSR count). The minimum absolute atomic E-state index is 0.0245. The van der Waals surface area contributed by atoms with E-state index >= 15 is 0 Å². The van der Waals surface area contributed by atoms with Crippen LogP contribution in [0.5, 0.6) is 0 Å². The van der Waals surface area contributed by atoms with Crippen molar-refractivity contribution < 1.29 is 23.8 Å². The Morgan fingerprint density at radius 3 is 2.71 bits per heavy atom. The number of carbonyl (C=O) groups is 2. The normalized spacial score (nSPS) is 22.2. The standard InChI is InChI=1S/C20H28N8O6/c1-6-32-14-12(26-27-21)11(7-33-19(31)10(4)5)34-18(14)28-8-22-13-15(28)23-20(25-17(13)30)24-16(29)9(2)3/h8-12,14,18H,6-7H2,1-5H3,(H2,23,24,25,29,30)/t11-,12-,14-,18-/m1/s1. The van der Waals surface area contributed by atoms with Crippen molar-refractivity contribution in [1.29, 1.82) is 0 Å². The van der Waals surface area contributed by atoms with Gasteiger partial charge in [-0.2, -0.15) is 4.98 Å². The van der Waals surface area contributed by atoms with E-state index < -0.39 is 36.0 Å². The van der Waals surface area contributed by atoms with Crippen molar-refractivity contribution in [2.75, 3.05) is 18.5 Å². The van der Waals surface area contributed by atoms with E-state index in [4.69, 9.17) is 19.7 Å². The average molecular weight is 476 g/mol. The predicted octanol–water partition coefficient (Wildman–Crippen LogP) is 1.89. The molecule has 0 aliphatic carbocycles. The number of anilines is 1. The number of esters is 1. The van der Waals surface area contributed by atoms with Crippen LogP contribution >= 0.6 is 0 Å². The summed E-state index contributed by atoms with van der Waals surface area (Å²) < 4.78 is 18.7. The molecule has 0 bridgehead atoms. The molecule has 1 aliphatic rings. The smallest absolute Gasteiger partial charge is 0.308 e. The third-order valence-electron chi connectivity index (χ3n) is 5.19. The van der Waals surface area contributed by atoms with Crippen LogP contribution in [0, 0.1) is 11.8 Å². The summed E-state index contributed by atoms with van der Waals surface area (Å²) in [5, 5.41) is 6.38. The van der Waals surface area contributed by atoms with Gasteiger partial charge in [0.15, 0.2) is 17.4 Å².